The molecule has 0 aliphatic carbocycles. The van der Waals surface area contributed by atoms with Crippen molar-refractivity contribution in [2.45, 2.75) is 20.1 Å². The molecule has 0 amide bonds. The molecule has 2 rings (SSSR count). The number of aryl methyl sites for hydroxylation is 1. The zero-order chi connectivity index (χ0) is 13.8. The molecule has 0 fully saturated rings. The molecule has 19 heavy (non-hydrogen) atoms. The van der Waals surface area contributed by atoms with Crippen LogP contribution in [0.2, 0.25) is 0 Å². The summed E-state index contributed by atoms with van der Waals surface area (Å²) in [6.45, 7) is 6.90. The summed E-state index contributed by atoms with van der Waals surface area (Å²) in [5.74, 6) is 1.56. The molecule has 2 N–H and O–H groups in total. The van der Waals surface area contributed by atoms with Crippen LogP contribution in [0.4, 0.5) is 5.82 Å². The monoisotopic (exact) mass is 257 g/mol. The Morgan fingerprint density at radius 1 is 1.42 bits per heavy atom. The molecule has 1 heterocycles. The van der Waals surface area contributed by atoms with E-state index in [0.717, 1.165) is 22.6 Å². The Morgan fingerprint density at radius 2 is 2.16 bits per heavy atom. The topological polar surface area (TPSA) is 53.1 Å². The first kappa shape index (κ1) is 13.4. The van der Waals surface area contributed by atoms with Crippen molar-refractivity contribution in [2.75, 3.05) is 12.8 Å². The minimum Gasteiger partial charge on any atom is -0.383 e. The van der Waals surface area contributed by atoms with Gasteiger partial charge in [-0.25, -0.2) is 4.98 Å². The number of hydrogen-bond donors (Lipinski definition) is 1. The van der Waals surface area contributed by atoms with Gasteiger partial charge in [0.1, 0.15) is 17.3 Å². The van der Waals surface area contributed by atoms with Gasteiger partial charge in [-0.3, -0.25) is 0 Å². The number of anilines is 1. The highest BCUT2D eigenvalue weighted by molar-refractivity contribution is 5.73. The minimum absolute atomic E-state index is 0.545. The van der Waals surface area contributed by atoms with Gasteiger partial charge in [-0.2, -0.15) is 0 Å². The molecule has 0 saturated heterocycles. The first-order valence-corrected chi connectivity index (χ1v) is 6.19. The lowest BCUT2D eigenvalue weighted by molar-refractivity contribution is 0.185. The molecule has 0 spiro atoms. The maximum Gasteiger partial charge on any atom is 0.132 e. The highest BCUT2D eigenvalue weighted by atomic mass is 16.5. The van der Waals surface area contributed by atoms with E-state index in [1.807, 2.05) is 41.8 Å². The third-order valence-corrected chi connectivity index (χ3v) is 3.08. The third-order valence-electron chi connectivity index (χ3n) is 3.08. The number of aromatic nitrogens is 2. The normalized spacial score (nSPS) is 10.6. The second-order valence-corrected chi connectivity index (χ2v) is 4.38. The van der Waals surface area contributed by atoms with Gasteiger partial charge in [0.15, 0.2) is 0 Å². The Morgan fingerprint density at radius 3 is 2.84 bits per heavy atom. The van der Waals surface area contributed by atoms with Gasteiger partial charge in [0, 0.05) is 19.2 Å². The van der Waals surface area contributed by atoms with Crippen LogP contribution in [0.15, 0.2) is 36.9 Å². The second-order valence-electron chi connectivity index (χ2n) is 4.38. The van der Waals surface area contributed by atoms with Crippen LogP contribution < -0.4 is 5.73 Å². The van der Waals surface area contributed by atoms with E-state index in [2.05, 4.69) is 11.6 Å². The first-order chi connectivity index (χ1) is 9.19. The van der Waals surface area contributed by atoms with Crippen LogP contribution in [0, 0.1) is 6.92 Å². The van der Waals surface area contributed by atoms with Gasteiger partial charge in [0.2, 0.25) is 0 Å². The molecule has 0 atom stereocenters. The Labute approximate surface area is 113 Å². The molecule has 0 saturated carbocycles. The molecule has 4 nitrogen and oxygen atoms in total. The maximum absolute atomic E-state index is 6.20. The maximum atomic E-state index is 6.20. The van der Waals surface area contributed by atoms with Crippen LogP contribution >= 0.6 is 0 Å². The molecule has 1 aromatic carbocycles. The smallest absolute Gasteiger partial charge is 0.132 e. The van der Waals surface area contributed by atoms with E-state index in [1.165, 1.54) is 0 Å². The summed E-state index contributed by atoms with van der Waals surface area (Å²) >= 11 is 0. The van der Waals surface area contributed by atoms with Crippen molar-refractivity contribution in [1.82, 2.24) is 9.55 Å². The summed E-state index contributed by atoms with van der Waals surface area (Å²) in [4.78, 5) is 4.58. The van der Waals surface area contributed by atoms with Gasteiger partial charge in [-0.05, 0) is 12.5 Å². The number of nitrogens with zero attached hydrogens (tertiary/aromatic N) is 2. The van der Waals surface area contributed by atoms with Crippen molar-refractivity contribution in [1.29, 1.82) is 0 Å². The van der Waals surface area contributed by atoms with Crippen LogP contribution in [0.1, 0.15) is 11.4 Å². The van der Waals surface area contributed by atoms with E-state index < -0.39 is 0 Å². The van der Waals surface area contributed by atoms with E-state index >= 15 is 0 Å². The van der Waals surface area contributed by atoms with Gasteiger partial charge < -0.3 is 15.0 Å². The van der Waals surface area contributed by atoms with E-state index in [1.54, 1.807) is 7.11 Å². The van der Waals surface area contributed by atoms with Gasteiger partial charge in [-0.1, -0.05) is 30.3 Å². The highest BCUT2D eigenvalue weighted by Crippen LogP contribution is 2.29. The lowest BCUT2D eigenvalue weighted by Crippen LogP contribution is -2.03. The Balaban J connectivity index is 2.53. The lowest BCUT2D eigenvalue weighted by atomic mass is 10.1. The van der Waals surface area contributed by atoms with Gasteiger partial charge >= 0.3 is 0 Å². The summed E-state index contributed by atoms with van der Waals surface area (Å²) in [5.41, 5.74) is 9.12. The van der Waals surface area contributed by atoms with Gasteiger partial charge in [0.05, 0.1) is 6.61 Å². The number of hydrogen-bond acceptors (Lipinski definition) is 3. The summed E-state index contributed by atoms with van der Waals surface area (Å²) < 4.78 is 7.17. The molecule has 0 unspecified atom stereocenters. The Hall–Kier alpha value is -2.07. The summed E-state index contributed by atoms with van der Waals surface area (Å²) in [6, 6.07) is 8.02. The van der Waals surface area contributed by atoms with Crippen LogP contribution in [-0.2, 0) is 17.9 Å². The molecule has 0 radical (unpaired) electrons. The molecule has 2 aromatic rings. The van der Waals surface area contributed by atoms with E-state index in [9.17, 15) is 0 Å². The number of benzene rings is 1. The number of methoxy groups -OCH3 is 1. The fourth-order valence-corrected chi connectivity index (χ4v) is 2.17. The van der Waals surface area contributed by atoms with Crippen LogP contribution in [0.25, 0.3) is 11.3 Å². The number of imidazole rings is 1. The van der Waals surface area contributed by atoms with Crippen LogP contribution in [0.3, 0.4) is 0 Å². The second kappa shape index (κ2) is 5.71. The minimum atomic E-state index is 0.545. The van der Waals surface area contributed by atoms with Crippen molar-refractivity contribution in [2.24, 2.45) is 0 Å². The number of nitrogens with two attached hydrogens (primary N) is 1. The highest BCUT2D eigenvalue weighted by Gasteiger charge is 2.15. The third kappa shape index (κ3) is 2.53. The van der Waals surface area contributed by atoms with Crippen molar-refractivity contribution < 1.29 is 4.74 Å². The predicted octanol–water partition coefficient (Wildman–Crippen LogP) is 2.77. The zero-order valence-electron chi connectivity index (χ0n) is 11.4. The number of rotatable bonds is 5. The van der Waals surface area contributed by atoms with Crippen molar-refractivity contribution >= 4 is 5.82 Å². The van der Waals surface area contributed by atoms with Crippen molar-refractivity contribution in [3.8, 4) is 11.3 Å². The molecule has 100 valence electrons. The standard InChI is InChI=1S/C15H19N3O/c1-4-9-18-11(2)17-14(15(18)16)13-8-6-5-7-12(13)10-19-3/h4-8H,1,9-10,16H2,2-3H3. The number of allylic oxidation sites excluding steroid dienone is 1. The van der Waals surface area contributed by atoms with Crippen LogP contribution in [-0.4, -0.2) is 16.7 Å². The van der Waals surface area contributed by atoms with E-state index in [0.29, 0.717) is 19.0 Å². The molecule has 0 aliphatic heterocycles. The molecule has 0 aliphatic rings. The summed E-state index contributed by atoms with van der Waals surface area (Å²) in [6.07, 6.45) is 1.82. The lowest BCUT2D eigenvalue weighted by Gasteiger charge is -2.08. The number of ether oxygens (including phenoxy) is 1. The van der Waals surface area contributed by atoms with Crippen LogP contribution in [0.5, 0.6) is 0 Å². The molecule has 0 bridgehead atoms. The van der Waals surface area contributed by atoms with E-state index in [4.69, 9.17) is 10.5 Å². The molecular formula is C15H19N3O. The fraction of sp³-hybridized carbons (Fsp3) is 0.267. The summed E-state index contributed by atoms with van der Waals surface area (Å²) in [7, 11) is 1.68. The molecule has 4 heteroatoms. The average Bonchev–Trinajstić information content (AvgIpc) is 2.68. The quantitative estimate of drug-likeness (QED) is 0.838. The molecular weight excluding hydrogens is 238 g/mol. The van der Waals surface area contributed by atoms with Crippen molar-refractivity contribution in [3.05, 3.63) is 48.3 Å². The van der Waals surface area contributed by atoms with Gasteiger partial charge in [0.25, 0.3) is 0 Å². The zero-order valence-corrected chi connectivity index (χ0v) is 11.4. The largest absolute Gasteiger partial charge is 0.383 e. The Bertz CT molecular complexity index is 587. The average molecular weight is 257 g/mol. The molecule has 1 aromatic heterocycles. The van der Waals surface area contributed by atoms with Gasteiger partial charge in [-0.15, -0.1) is 6.58 Å². The predicted molar refractivity (Wildman–Crippen MR) is 77.7 cm³/mol. The summed E-state index contributed by atoms with van der Waals surface area (Å²) in [5, 5.41) is 0. The number of nitrogen functional groups attached to an aromatic ring is 1. The van der Waals surface area contributed by atoms with E-state index in [-0.39, 0.29) is 0 Å². The Kier molecular flexibility index (Phi) is 4.02. The first-order valence-electron chi connectivity index (χ1n) is 6.19. The SMILES string of the molecule is C=CCn1c(C)nc(-c2ccccc2COC)c1N. The fourth-order valence-electron chi connectivity index (χ4n) is 2.17. The van der Waals surface area contributed by atoms with Crippen molar-refractivity contribution in [3.63, 3.8) is 0 Å².